The third-order valence-electron chi connectivity index (χ3n) is 3.38. The fraction of sp³-hybridized carbons (Fsp3) is 0.188. The Kier molecular flexibility index (Phi) is 4.12. The number of aromatic nitrogens is 1. The van der Waals surface area contributed by atoms with Gasteiger partial charge in [-0.3, -0.25) is 14.9 Å². The van der Waals surface area contributed by atoms with Crippen LogP contribution in [-0.2, 0) is 16.0 Å². The van der Waals surface area contributed by atoms with E-state index in [2.05, 4.69) is 15.0 Å². The minimum Gasteiger partial charge on any atom is -0.469 e. The molecule has 1 aromatic carbocycles. The number of carbonyl (C=O) groups excluding carboxylic acids is 2. The normalized spacial score (nSPS) is 10.7. The van der Waals surface area contributed by atoms with Gasteiger partial charge in [0.15, 0.2) is 10.9 Å². The highest BCUT2D eigenvalue weighted by atomic mass is 32.1. The van der Waals surface area contributed by atoms with Gasteiger partial charge < -0.3 is 9.15 Å². The summed E-state index contributed by atoms with van der Waals surface area (Å²) in [5.74, 6) is -0.477. The molecule has 23 heavy (non-hydrogen) atoms. The number of hydrogen-bond donors (Lipinski definition) is 1. The van der Waals surface area contributed by atoms with Crippen LogP contribution in [0.1, 0.15) is 21.8 Å². The zero-order chi connectivity index (χ0) is 16.4. The zero-order valence-corrected chi connectivity index (χ0v) is 13.4. The second kappa shape index (κ2) is 6.21. The number of para-hydroxylation sites is 1. The summed E-state index contributed by atoms with van der Waals surface area (Å²) in [5.41, 5.74) is 2.00. The Morgan fingerprint density at radius 1 is 1.35 bits per heavy atom. The third-order valence-corrected chi connectivity index (χ3v) is 4.18. The first kappa shape index (κ1) is 15.2. The molecule has 0 aliphatic heterocycles. The first-order valence-corrected chi connectivity index (χ1v) is 7.77. The van der Waals surface area contributed by atoms with E-state index < -0.39 is 0 Å². The molecule has 0 saturated carbocycles. The highest BCUT2D eigenvalue weighted by Crippen LogP contribution is 2.26. The van der Waals surface area contributed by atoms with Crippen LogP contribution in [0.4, 0.5) is 5.13 Å². The van der Waals surface area contributed by atoms with E-state index in [-0.39, 0.29) is 24.1 Å². The Morgan fingerprint density at radius 2 is 2.13 bits per heavy atom. The summed E-state index contributed by atoms with van der Waals surface area (Å²) in [5, 5.41) is 5.72. The Labute approximate surface area is 136 Å². The van der Waals surface area contributed by atoms with Crippen molar-refractivity contribution >= 4 is 39.3 Å². The smallest absolute Gasteiger partial charge is 0.311 e. The molecular weight excluding hydrogens is 316 g/mol. The third kappa shape index (κ3) is 3.09. The monoisotopic (exact) mass is 330 g/mol. The number of amides is 1. The molecule has 0 bridgehead atoms. The topological polar surface area (TPSA) is 81.4 Å². The van der Waals surface area contributed by atoms with E-state index in [9.17, 15) is 9.59 Å². The minimum atomic E-state index is -0.374. The van der Waals surface area contributed by atoms with Gasteiger partial charge in [-0.2, -0.15) is 0 Å². The van der Waals surface area contributed by atoms with E-state index >= 15 is 0 Å². The number of methoxy groups -OCH3 is 1. The maximum atomic E-state index is 12.4. The summed E-state index contributed by atoms with van der Waals surface area (Å²) in [6.45, 7) is 1.84. The highest BCUT2D eigenvalue weighted by molar-refractivity contribution is 7.14. The van der Waals surface area contributed by atoms with Crippen molar-refractivity contribution in [3.8, 4) is 0 Å². The number of rotatable bonds is 4. The van der Waals surface area contributed by atoms with Crippen LogP contribution >= 0.6 is 11.3 Å². The van der Waals surface area contributed by atoms with Gasteiger partial charge in [-0.05, 0) is 13.0 Å². The number of furan rings is 1. The second-order valence-electron chi connectivity index (χ2n) is 4.90. The lowest BCUT2D eigenvalue weighted by molar-refractivity contribution is -0.139. The van der Waals surface area contributed by atoms with Crippen molar-refractivity contribution < 1.29 is 18.7 Å². The predicted molar refractivity (Wildman–Crippen MR) is 86.7 cm³/mol. The van der Waals surface area contributed by atoms with Crippen LogP contribution in [0, 0.1) is 6.92 Å². The maximum absolute atomic E-state index is 12.4. The van der Waals surface area contributed by atoms with Crippen LogP contribution < -0.4 is 5.32 Å². The maximum Gasteiger partial charge on any atom is 0.311 e. The van der Waals surface area contributed by atoms with E-state index in [1.165, 1.54) is 18.4 Å². The molecule has 0 unspecified atom stereocenters. The molecule has 6 nitrogen and oxygen atoms in total. The summed E-state index contributed by atoms with van der Waals surface area (Å²) in [7, 11) is 1.32. The number of nitrogens with one attached hydrogen (secondary N) is 1. The molecule has 3 aromatic rings. The van der Waals surface area contributed by atoms with Crippen molar-refractivity contribution in [1.29, 1.82) is 0 Å². The minimum absolute atomic E-state index is 0.0759. The molecule has 2 aromatic heterocycles. The van der Waals surface area contributed by atoms with Crippen molar-refractivity contribution in [2.24, 2.45) is 0 Å². The number of nitrogens with zero attached hydrogens (tertiary/aromatic N) is 1. The molecule has 1 N–H and O–H groups in total. The van der Waals surface area contributed by atoms with Crippen molar-refractivity contribution in [3.63, 3.8) is 0 Å². The van der Waals surface area contributed by atoms with Gasteiger partial charge in [0, 0.05) is 16.3 Å². The quantitative estimate of drug-likeness (QED) is 0.743. The molecule has 0 atom stereocenters. The number of thiazole rings is 1. The number of fused-ring (bicyclic) bond motifs is 1. The van der Waals surface area contributed by atoms with Crippen molar-refractivity contribution in [2.45, 2.75) is 13.3 Å². The van der Waals surface area contributed by atoms with E-state index in [4.69, 9.17) is 4.42 Å². The number of hydrogen-bond acceptors (Lipinski definition) is 6. The fourth-order valence-corrected chi connectivity index (χ4v) is 2.92. The van der Waals surface area contributed by atoms with E-state index in [1.54, 1.807) is 5.38 Å². The standard InChI is InChI=1S/C16H14N2O4S/c1-9-11-5-3-4-6-12(11)22-14(9)15(20)18-16-17-10(8-23-16)7-13(19)21-2/h3-6,8H,7H2,1-2H3,(H,17,18,20). The first-order chi connectivity index (χ1) is 11.1. The average Bonchev–Trinajstić information content (AvgIpc) is 3.12. The number of benzene rings is 1. The van der Waals surface area contributed by atoms with Crippen LogP contribution in [0.2, 0.25) is 0 Å². The molecule has 0 fully saturated rings. The Hall–Kier alpha value is -2.67. The molecule has 0 radical (unpaired) electrons. The van der Waals surface area contributed by atoms with Crippen LogP contribution in [0.15, 0.2) is 34.1 Å². The summed E-state index contributed by atoms with van der Waals surface area (Å²) in [6.07, 6.45) is 0.0759. The largest absolute Gasteiger partial charge is 0.469 e. The summed E-state index contributed by atoms with van der Waals surface area (Å²) >= 11 is 1.25. The van der Waals surface area contributed by atoms with Crippen molar-refractivity contribution in [3.05, 3.63) is 46.7 Å². The molecule has 118 valence electrons. The molecule has 0 saturated heterocycles. The van der Waals surface area contributed by atoms with Crippen LogP contribution in [0.5, 0.6) is 0 Å². The molecule has 2 heterocycles. The van der Waals surface area contributed by atoms with Crippen LogP contribution in [0.25, 0.3) is 11.0 Å². The molecular formula is C16H14N2O4S. The van der Waals surface area contributed by atoms with Gasteiger partial charge in [0.2, 0.25) is 0 Å². The fourth-order valence-electron chi connectivity index (χ4n) is 2.21. The SMILES string of the molecule is COC(=O)Cc1csc(NC(=O)c2oc3ccccc3c2C)n1. The van der Waals surface area contributed by atoms with Gasteiger partial charge in [0.25, 0.3) is 5.91 Å². The van der Waals surface area contributed by atoms with Gasteiger partial charge >= 0.3 is 5.97 Å². The molecule has 0 aliphatic carbocycles. The molecule has 0 aliphatic rings. The summed E-state index contributed by atoms with van der Waals surface area (Å²) < 4.78 is 10.2. The number of aryl methyl sites for hydroxylation is 1. The van der Waals surface area contributed by atoms with E-state index in [0.29, 0.717) is 16.4 Å². The Balaban J connectivity index is 1.78. The number of carbonyl (C=O) groups is 2. The average molecular weight is 330 g/mol. The molecule has 7 heteroatoms. The highest BCUT2D eigenvalue weighted by Gasteiger charge is 2.18. The Bertz CT molecular complexity index is 881. The molecule has 1 amide bonds. The lowest BCUT2D eigenvalue weighted by Gasteiger charge is -1.99. The number of anilines is 1. The predicted octanol–water partition coefficient (Wildman–Crippen LogP) is 3.17. The summed E-state index contributed by atoms with van der Waals surface area (Å²) in [4.78, 5) is 27.8. The van der Waals surface area contributed by atoms with Crippen LogP contribution in [-0.4, -0.2) is 24.0 Å². The van der Waals surface area contributed by atoms with E-state index in [0.717, 1.165) is 10.9 Å². The molecule has 0 spiro atoms. The Morgan fingerprint density at radius 3 is 2.87 bits per heavy atom. The van der Waals surface area contributed by atoms with Crippen molar-refractivity contribution in [2.75, 3.05) is 12.4 Å². The van der Waals surface area contributed by atoms with Gasteiger partial charge in [-0.25, -0.2) is 4.98 Å². The van der Waals surface area contributed by atoms with Gasteiger partial charge in [0.1, 0.15) is 5.58 Å². The van der Waals surface area contributed by atoms with Crippen LogP contribution in [0.3, 0.4) is 0 Å². The van der Waals surface area contributed by atoms with Gasteiger partial charge in [-0.1, -0.05) is 18.2 Å². The zero-order valence-electron chi connectivity index (χ0n) is 12.6. The summed E-state index contributed by atoms with van der Waals surface area (Å²) in [6, 6.07) is 7.47. The lowest BCUT2D eigenvalue weighted by Crippen LogP contribution is -2.12. The first-order valence-electron chi connectivity index (χ1n) is 6.89. The second-order valence-corrected chi connectivity index (χ2v) is 5.76. The van der Waals surface area contributed by atoms with Gasteiger partial charge in [0.05, 0.1) is 19.2 Å². The van der Waals surface area contributed by atoms with Crippen molar-refractivity contribution in [1.82, 2.24) is 4.98 Å². The lowest BCUT2D eigenvalue weighted by atomic mass is 10.1. The molecule has 3 rings (SSSR count). The number of esters is 1. The van der Waals surface area contributed by atoms with E-state index in [1.807, 2.05) is 31.2 Å². The number of ether oxygens (including phenoxy) is 1. The van der Waals surface area contributed by atoms with Gasteiger partial charge in [-0.15, -0.1) is 11.3 Å².